The molecule has 1 aromatic heterocycles. The van der Waals surface area contributed by atoms with Crippen LogP contribution in [0.15, 0.2) is 30.3 Å². The molecule has 0 fully saturated rings. The van der Waals surface area contributed by atoms with E-state index < -0.39 is 0 Å². The van der Waals surface area contributed by atoms with Gasteiger partial charge in [0, 0.05) is 6.54 Å². The molecule has 96 valence electrons. The van der Waals surface area contributed by atoms with Crippen LogP contribution in [0.1, 0.15) is 23.0 Å². The molecule has 0 bridgehead atoms. The molecule has 18 heavy (non-hydrogen) atoms. The number of hydrogen-bond donors (Lipinski definition) is 1. The first-order valence-electron chi connectivity index (χ1n) is 6.06. The van der Waals surface area contributed by atoms with Crippen molar-refractivity contribution in [3.8, 4) is 0 Å². The smallest absolute Gasteiger partial charge is 0.0896 e. The van der Waals surface area contributed by atoms with Crippen LogP contribution in [-0.4, -0.2) is 23.4 Å². The molecule has 2 aromatic rings. The lowest BCUT2D eigenvalue weighted by Crippen LogP contribution is -2.25. The zero-order valence-electron chi connectivity index (χ0n) is 10.9. The molecule has 0 aliphatic heterocycles. The van der Waals surface area contributed by atoms with E-state index in [0.717, 1.165) is 23.0 Å². The van der Waals surface area contributed by atoms with E-state index in [1.807, 2.05) is 43.8 Å². The van der Waals surface area contributed by atoms with Crippen LogP contribution in [0.2, 0.25) is 5.02 Å². The number of rotatable bonds is 4. The molecule has 1 unspecified atom stereocenters. The number of nitrogens with zero attached hydrogens (tertiary/aromatic N) is 2. The Bertz CT molecular complexity index is 519. The molecule has 0 aliphatic rings. The van der Waals surface area contributed by atoms with E-state index in [4.69, 9.17) is 11.6 Å². The van der Waals surface area contributed by atoms with Gasteiger partial charge >= 0.3 is 0 Å². The average Bonchev–Trinajstić information content (AvgIpc) is 2.65. The largest absolute Gasteiger partial charge is 0.317 e. The Balaban J connectivity index is 2.45. The summed E-state index contributed by atoms with van der Waals surface area (Å²) in [4.78, 5) is 0. The molecule has 1 aromatic carbocycles. The lowest BCUT2D eigenvalue weighted by molar-refractivity contribution is 0.487. The number of aromatic nitrogens is 2. The standard InChI is InChI=1S/C14H18ClN3/c1-10-14(15)11(2)18(17-10)13(9-16-3)12-7-5-4-6-8-12/h4-8,13,16H,9H2,1-3H3. The first-order valence-corrected chi connectivity index (χ1v) is 6.43. The number of nitrogens with one attached hydrogen (secondary N) is 1. The molecule has 1 heterocycles. The third-order valence-corrected chi connectivity index (χ3v) is 3.66. The van der Waals surface area contributed by atoms with Gasteiger partial charge in [0.15, 0.2) is 0 Å². The van der Waals surface area contributed by atoms with Crippen LogP contribution in [0.5, 0.6) is 0 Å². The predicted octanol–water partition coefficient (Wildman–Crippen LogP) is 2.96. The van der Waals surface area contributed by atoms with Crippen molar-refractivity contribution in [2.45, 2.75) is 19.9 Å². The molecule has 0 radical (unpaired) electrons. The van der Waals surface area contributed by atoms with Crippen molar-refractivity contribution in [3.05, 3.63) is 52.3 Å². The van der Waals surface area contributed by atoms with Crippen LogP contribution in [-0.2, 0) is 0 Å². The maximum absolute atomic E-state index is 6.23. The van der Waals surface area contributed by atoms with E-state index in [2.05, 4.69) is 22.5 Å². The molecule has 0 amide bonds. The van der Waals surface area contributed by atoms with Gasteiger partial charge in [0.1, 0.15) is 0 Å². The van der Waals surface area contributed by atoms with Gasteiger partial charge in [-0.25, -0.2) is 0 Å². The summed E-state index contributed by atoms with van der Waals surface area (Å²) in [6.07, 6.45) is 0. The van der Waals surface area contributed by atoms with Crippen molar-refractivity contribution in [2.75, 3.05) is 13.6 Å². The quantitative estimate of drug-likeness (QED) is 0.919. The zero-order valence-corrected chi connectivity index (χ0v) is 11.7. The second kappa shape index (κ2) is 5.55. The summed E-state index contributed by atoms with van der Waals surface area (Å²) in [5.41, 5.74) is 3.12. The highest BCUT2D eigenvalue weighted by Gasteiger charge is 2.18. The van der Waals surface area contributed by atoms with Gasteiger partial charge in [-0.2, -0.15) is 5.10 Å². The summed E-state index contributed by atoms with van der Waals surface area (Å²) in [5, 5.41) is 8.52. The van der Waals surface area contributed by atoms with Gasteiger partial charge in [0.25, 0.3) is 0 Å². The van der Waals surface area contributed by atoms with Crippen molar-refractivity contribution in [2.24, 2.45) is 0 Å². The average molecular weight is 264 g/mol. The van der Waals surface area contributed by atoms with Crippen LogP contribution in [0.3, 0.4) is 0 Å². The third kappa shape index (κ3) is 2.42. The first-order chi connectivity index (χ1) is 8.65. The Labute approximate surface area is 113 Å². The fourth-order valence-corrected chi connectivity index (χ4v) is 2.28. The summed E-state index contributed by atoms with van der Waals surface area (Å²) in [6, 6.07) is 10.5. The van der Waals surface area contributed by atoms with Crippen molar-refractivity contribution >= 4 is 11.6 Å². The summed E-state index contributed by atoms with van der Waals surface area (Å²) in [5.74, 6) is 0. The lowest BCUT2D eigenvalue weighted by atomic mass is 10.1. The molecule has 1 atom stereocenters. The van der Waals surface area contributed by atoms with E-state index in [1.165, 1.54) is 5.56 Å². The van der Waals surface area contributed by atoms with E-state index in [-0.39, 0.29) is 6.04 Å². The molecule has 3 nitrogen and oxygen atoms in total. The summed E-state index contributed by atoms with van der Waals surface area (Å²) < 4.78 is 2.00. The highest BCUT2D eigenvalue weighted by Crippen LogP contribution is 2.25. The van der Waals surface area contributed by atoms with Crippen molar-refractivity contribution < 1.29 is 0 Å². The topological polar surface area (TPSA) is 29.9 Å². The number of hydrogen-bond acceptors (Lipinski definition) is 2. The second-order valence-corrected chi connectivity index (χ2v) is 4.79. The van der Waals surface area contributed by atoms with Crippen LogP contribution in [0.4, 0.5) is 0 Å². The normalized spacial score (nSPS) is 12.7. The van der Waals surface area contributed by atoms with E-state index in [9.17, 15) is 0 Å². The molecule has 4 heteroatoms. The molecular formula is C14H18ClN3. The SMILES string of the molecule is CNCC(c1ccccc1)n1nc(C)c(Cl)c1C. The van der Waals surface area contributed by atoms with Crippen molar-refractivity contribution in [1.29, 1.82) is 0 Å². The van der Waals surface area contributed by atoms with Crippen LogP contribution in [0.25, 0.3) is 0 Å². The van der Waals surface area contributed by atoms with Gasteiger partial charge in [0.2, 0.25) is 0 Å². The maximum atomic E-state index is 6.23. The summed E-state index contributed by atoms with van der Waals surface area (Å²) >= 11 is 6.23. The molecule has 0 aliphatic carbocycles. The van der Waals surface area contributed by atoms with Gasteiger partial charge in [-0.05, 0) is 26.5 Å². The Morgan fingerprint density at radius 2 is 1.94 bits per heavy atom. The minimum Gasteiger partial charge on any atom is -0.317 e. The van der Waals surface area contributed by atoms with Crippen LogP contribution >= 0.6 is 11.6 Å². The van der Waals surface area contributed by atoms with E-state index in [0.29, 0.717) is 0 Å². The summed E-state index contributed by atoms with van der Waals surface area (Å²) in [7, 11) is 1.95. The van der Waals surface area contributed by atoms with Gasteiger partial charge in [0.05, 0.1) is 22.5 Å². The number of likely N-dealkylation sites (N-methyl/N-ethyl adjacent to an activating group) is 1. The minimum atomic E-state index is 0.169. The zero-order chi connectivity index (χ0) is 13.1. The maximum Gasteiger partial charge on any atom is 0.0896 e. The predicted molar refractivity (Wildman–Crippen MR) is 75.2 cm³/mol. The first kappa shape index (κ1) is 13.1. The van der Waals surface area contributed by atoms with Gasteiger partial charge in [-0.1, -0.05) is 41.9 Å². The van der Waals surface area contributed by atoms with Crippen LogP contribution in [0, 0.1) is 13.8 Å². The fraction of sp³-hybridized carbons (Fsp3) is 0.357. The third-order valence-electron chi connectivity index (χ3n) is 3.11. The number of aryl methyl sites for hydroxylation is 1. The highest BCUT2D eigenvalue weighted by molar-refractivity contribution is 6.31. The monoisotopic (exact) mass is 263 g/mol. The second-order valence-electron chi connectivity index (χ2n) is 4.41. The molecule has 1 N–H and O–H groups in total. The van der Waals surface area contributed by atoms with Crippen molar-refractivity contribution in [3.63, 3.8) is 0 Å². The Kier molecular flexibility index (Phi) is 4.04. The number of halogens is 1. The Hall–Kier alpha value is -1.32. The van der Waals surface area contributed by atoms with Crippen LogP contribution < -0.4 is 5.32 Å². The molecule has 0 spiro atoms. The Morgan fingerprint density at radius 1 is 1.28 bits per heavy atom. The van der Waals surface area contributed by atoms with Gasteiger partial charge in [-0.3, -0.25) is 4.68 Å². The fourth-order valence-electron chi connectivity index (χ4n) is 2.16. The molecular weight excluding hydrogens is 246 g/mol. The van der Waals surface area contributed by atoms with E-state index in [1.54, 1.807) is 0 Å². The molecule has 2 rings (SSSR count). The van der Waals surface area contributed by atoms with Gasteiger partial charge in [-0.15, -0.1) is 0 Å². The van der Waals surface area contributed by atoms with Gasteiger partial charge < -0.3 is 5.32 Å². The molecule has 0 saturated heterocycles. The Morgan fingerprint density at radius 3 is 2.44 bits per heavy atom. The highest BCUT2D eigenvalue weighted by atomic mass is 35.5. The molecule has 0 saturated carbocycles. The van der Waals surface area contributed by atoms with Crippen molar-refractivity contribution in [1.82, 2.24) is 15.1 Å². The van der Waals surface area contributed by atoms with E-state index >= 15 is 0 Å². The number of benzene rings is 1. The lowest BCUT2D eigenvalue weighted by Gasteiger charge is -2.19. The minimum absolute atomic E-state index is 0.169. The summed E-state index contributed by atoms with van der Waals surface area (Å²) in [6.45, 7) is 4.77.